The van der Waals surface area contributed by atoms with Crippen LogP contribution in [0.5, 0.6) is 0 Å². The van der Waals surface area contributed by atoms with Crippen molar-refractivity contribution in [3.05, 3.63) is 84.4 Å². The fourth-order valence-electron chi connectivity index (χ4n) is 5.23. The summed E-state index contributed by atoms with van der Waals surface area (Å²) in [6.07, 6.45) is 3.42. The summed E-state index contributed by atoms with van der Waals surface area (Å²) in [5.74, 6) is -2.08. The van der Waals surface area contributed by atoms with Crippen LogP contribution in [0.25, 0.3) is 0 Å². The predicted octanol–water partition coefficient (Wildman–Crippen LogP) is 4.20. The Morgan fingerprint density at radius 2 is 1.45 bits per heavy atom. The van der Waals surface area contributed by atoms with Gasteiger partial charge in [-0.3, -0.25) is 9.59 Å². The second-order valence-corrected chi connectivity index (χ2v) is 8.70. The molecule has 0 amide bonds. The van der Waals surface area contributed by atoms with Crippen molar-refractivity contribution in [2.45, 2.75) is 44.5 Å². The Kier molecular flexibility index (Phi) is 5.96. The van der Waals surface area contributed by atoms with Crippen LogP contribution in [0.4, 0.5) is 0 Å². The highest BCUT2D eigenvalue weighted by Gasteiger charge is 2.66. The van der Waals surface area contributed by atoms with Gasteiger partial charge in [0, 0.05) is 5.92 Å². The molecule has 5 nitrogen and oxygen atoms in total. The first-order valence-corrected chi connectivity index (χ1v) is 10.8. The smallest absolute Gasteiger partial charge is 0.324 e. The van der Waals surface area contributed by atoms with Crippen LogP contribution in [0.2, 0.25) is 0 Å². The Bertz CT molecular complexity index is 883. The van der Waals surface area contributed by atoms with Gasteiger partial charge in [0.05, 0.1) is 5.60 Å². The molecule has 2 aromatic rings. The van der Waals surface area contributed by atoms with Crippen molar-refractivity contribution in [2.24, 2.45) is 17.3 Å². The van der Waals surface area contributed by atoms with Crippen LogP contribution in [-0.4, -0.2) is 22.6 Å². The fraction of sp³-hybridized carbons (Fsp3) is 0.385. The monoisotopic (exact) mass is 420 g/mol. The zero-order valence-corrected chi connectivity index (χ0v) is 17.5. The maximum absolute atomic E-state index is 13.6. The Morgan fingerprint density at radius 1 is 0.935 bits per heavy atom. The van der Waals surface area contributed by atoms with E-state index in [1.807, 2.05) is 60.7 Å². The minimum atomic E-state index is -1.49. The number of esters is 2. The number of allylic oxidation sites excluding steroid dienone is 1. The zero-order chi connectivity index (χ0) is 21.9. The van der Waals surface area contributed by atoms with E-state index >= 15 is 0 Å². The van der Waals surface area contributed by atoms with E-state index in [-0.39, 0.29) is 19.1 Å². The zero-order valence-electron chi connectivity index (χ0n) is 17.5. The number of ether oxygens (including phenoxy) is 2. The van der Waals surface area contributed by atoms with Crippen molar-refractivity contribution in [1.82, 2.24) is 0 Å². The Morgan fingerprint density at radius 3 is 1.94 bits per heavy atom. The van der Waals surface area contributed by atoms with Crippen molar-refractivity contribution in [3.8, 4) is 0 Å². The van der Waals surface area contributed by atoms with E-state index in [1.165, 1.54) is 0 Å². The minimum absolute atomic E-state index is 0.0776. The predicted molar refractivity (Wildman–Crippen MR) is 116 cm³/mol. The number of rotatable bonds is 7. The van der Waals surface area contributed by atoms with Crippen LogP contribution < -0.4 is 0 Å². The summed E-state index contributed by atoms with van der Waals surface area (Å²) in [4.78, 5) is 27.1. The van der Waals surface area contributed by atoms with Gasteiger partial charge in [0.15, 0.2) is 5.41 Å². The van der Waals surface area contributed by atoms with E-state index < -0.39 is 28.9 Å². The normalized spacial score (nSPS) is 26.1. The molecule has 2 aliphatic rings. The van der Waals surface area contributed by atoms with Gasteiger partial charge in [-0.25, -0.2) is 0 Å². The van der Waals surface area contributed by atoms with Crippen molar-refractivity contribution in [1.29, 1.82) is 0 Å². The third-order valence-corrected chi connectivity index (χ3v) is 6.80. The van der Waals surface area contributed by atoms with Gasteiger partial charge in [-0.2, -0.15) is 0 Å². The molecule has 31 heavy (non-hydrogen) atoms. The number of carbonyl (C=O) groups is 2. The number of carbonyl (C=O) groups excluding carboxylic acids is 2. The van der Waals surface area contributed by atoms with Crippen LogP contribution in [0.15, 0.2) is 73.3 Å². The number of aliphatic hydroxyl groups is 1. The molecule has 4 rings (SSSR count). The van der Waals surface area contributed by atoms with Crippen LogP contribution in [0, 0.1) is 17.3 Å². The molecule has 0 saturated heterocycles. The molecule has 1 N–H and O–H groups in total. The van der Waals surface area contributed by atoms with E-state index in [0.717, 1.165) is 11.1 Å². The van der Waals surface area contributed by atoms with E-state index in [0.29, 0.717) is 25.7 Å². The highest BCUT2D eigenvalue weighted by Crippen LogP contribution is 2.58. The van der Waals surface area contributed by atoms with E-state index in [1.54, 1.807) is 6.08 Å². The summed E-state index contributed by atoms with van der Waals surface area (Å²) in [5, 5.41) is 10.9. The number of hydrogen-bond donors (Lipinski definition) is 1. The van der Waals surface area contributed by atoms with Gasteiger partial charge in [-0.05, 0) is 42.7 Å². The molecule has 0 radical (unpaired) electrons. The quantitative estimate of drug-likeness (QED) is 0.413. The molecule has 0 aromatic heterocycles. The second-order valence-electron chi connectivity index (χ2n) is 8.70. The largest absolute Gasteiger partial charge is 0.460 e. The first-order valence-electron chi connectivity index (χ1n) is 10.8. The molecular formula is C26H28O5. The molecule has 3 atom stereocenters. The van der Waals surface area contributed by atoms with Crippen molar-refractivity contribution in [2.75, 3.05) is 0 Å². The Hall–Kier alpha value is -2.92. The molecule has 162 valence electrons. The lowest BCUT2D eigenvalue weighted by molar-refractivity contribution is -0.189. The summed E-state index contributed by atoms with van der Waals surface area (Å²) in [7, 11) is 0. The fourth-order valence-corrected chi connectivity index (χ4v) is 5.23. The van der Waals surface area contributed by atoms with Gasteiger partial charge in [-0.1, -0.05) is 66.7 Å². The topological polar surface area (TPSA) is 72.8 Å². The van der Waals surface area contributed by atoms with Crippen molar-refractivity contribution in [3.63, 3.8) is 0 Å². The van der Waals surface area contributed by atoms with Gasteiger partial charge in [0.25, 0.3) is 0 Å². The van der Waals surface area contributed by atoms with Gasteiger partial charge in [-0.15, -0.1) is 6.58 Å². The molecule has 0 heterocycles. The van der Waals surface area contributed by atoms with Gasteiger partial charge >= 0.3 is 11.9 Å². The molecule has 0 aliphatic heterocycles. The maximum Gasteiger partial charge on any atom is 0.324 e. The average molecular weight is 421 g/mol. The summed E-state index contributed by atoms with van der Waals surface area (Å²) in [5.41, 5.74) is -0.671. The third-order valence-electron chi connectivity index (χ3n) is 6.80. The number of benzene rings is 2. The molecule has 2 bridgehead atoms. The highest BCUT2D eigenvalue weighted by atomic mass is 16.6. The molecule has 5 heteroatoms. The van der Waals surface area contributed by atoms with Crippen LogP contribution in [0.1, 0.15) is 36.8 Å². The second kappa shape index (κ2) is 8.67. The summed E-state index contributed by atoms with van der Waals surface area (Å²) in [6, 6.07) is 18.7. The van der Waals surface area contributed by atoms with Crippen LogP contribution in [0.3, 0.4) is 0 Å². The van der Waals surface area contributed by atoms with Crippen molar-refractivity contribution >= 4 is 11.9 Å². The van der Waals surface area contributed by atoms with Gasteiger partial charge < -0.3 is 14.6 Å². The minimum Gasteiger partial charge on any atom is -0.460 e. The SMILES string of the molecule is C=C[C@H]1C[C@]2(O)CC[C@@H](C2)C1(C(=O)OCc1ccccc1)C(=O)OCc1ccccc1. The van der Waals surface area contributed by atoms with Gasteiger partial charge in [0.1, 0.15) is 13.2 Å². The summed E-state index contributed by atoms with van der Waals surface area (Å²) >= 11 is 0. The molecule has 0 unspecified atom stereocenters. The van der Waals surface area contributed by atoms with E-state index in [9.17, 15) is 14.7 Å². The number of hydrogen-bond acceptors (Lipinski definition) is 5. The first kappa shape index (κ1) is 21.3. The lowest BCUT2D eigenvalue weighted by Crippen LogP contribution is -2.56. The average Bonchev–Trinajstić information content (AvgIpc) is 3.13. The lowest BCUT2D eigenvalue weighted by Gasteiger charge is -2.45. The summed E-state index contributed by atoms with van der Waals surface area (Å²) < 4.78 is 11.4. The maximum atomic E-state index is 13.6. The molecule has 2 aromatic carbocycles. The molecule has 2 aliphatic carbocycles. The number of fused-ring (bicyclic) bond motifs is 2. The first-order chi connectivity index (χ1) is 15.0. The standard InChI is InChI=1S/C26H28O5/c1-2-21-15-25(29)14-13-22(16-25)26(21,23(27)30-17-19-9-5-3-6-10-19)24(28)31-18-20-11-7-4-8-12-20/h2-12,21-22,29H,1,13-18H2/t21-,22-,25+/m0/s1. The Balaban J connectivity index is 1.62. The van der Waals surface area contributed by atoms with E-state index in [2.05, 4.69) is 6.58 Å². The molecular weight excluding hydrogens is 392 g/mol. The van der Waals surface area contributed by atoms with Crippen molar-refractivity contribution < 1.29 is 24.2 Å². The molecule has 0 spiro atoms. The molecule has 2 saturated carbocycles. The third kappa shape index (κ3) is 4.02. The van der Waals surface area contributed by atoms with Gasteiger partial charge in [0.2, 0.25) is 0 Å². The van der Waals surface area contributed by atoms with E-state index in [4.69, 9.17) is 9.47 Å². The summed E-state index contributed by atoms with van der Waals surface area (Å²) in [6.45, 7) is 4.04. The van der Waals surface area contributed by atoms with Crippen LogP contribution >= 0.6 is 0 Å². The molecule has 2 fully saturated rings. The highest BCUT2D eigenvalue weighted by molar-refractivity contribution is 6.01. The van der Waals surface area contributed by atoms with Crippen LogP contribution in [-0.2, 0) is 32.3 Å². The lowest BCUT2D eigenvalue weighted by atomic mass is 9.59. The Labute approximate surface area is 182 Å².